The number of nitrogens with zero attached hydrogens (tertiary/aromatic N) is 2. The van der Waals surface area contributed by atoms with Crippen molar-refractivity contribution < 1.29 is 19.8 Å². The molecule has 0 unspecified atom stereocenters. The number of aromatic amines is 1. The van der Waals surface area contributed by atoms with Gasteiger partial charge in [-0.1, -0.05) is 0 Å². The third-order valence-electron chi connectivity index (χ3n) is 2.57. The van der Waals surface area contributed by atoms with Crippen LogP contribution in [0.4, 0.5) is 10.5 Å². The lowest BCUT2D eigenvalue weighted by molar-refractivity contribution is -0.141. The number of carboxylic acid groups (broad SMARTS) is 1. The second-order valence-corrected chi connectivity index (χ2v) is 3.81. The smallest absolute Gasteiger partial charge is 0.326 e. The number of β-amino-alcohol motifs (C(OH)–C–C–N with tert-alkyl or cyclic N) is 1. The van der Waals surface area contributed by atoms with Crippen molar-refractivity contribution in [2.75, 3.05) is 11.9 Å². The number of nitrogens with one attached hydrogen (secondary N) is 2. The van der Waals surface area contributed by atoms with E-state index in [0.717, 1.165) is 4.90 Å². The number of aliphatic hydroxyl groups excluding tert-OH is 1. The Kier molecular flexibility index (Phi) is 2.96. The van der Waals surface area contributed by atoms with Crippen LogP contribution >= 0.6 is 0 Å². The Balaban J connectivity index is 2.05. The molecule has 8 heteroatoms. The lowest BCUT2D eigenvalue weighted by Crippen LogP contribution is -2.42. The standard InChI is InChI=1S/C9H12N4O4/c14-6-1-7(8(15)16)13(4-6)9(17)12-5-2-10-11-3-5/h2-3,6-7,14H,1,4H2,(H,10,11)(H,12,17)(H,15,16)/t6-,7-/m0/s1. The highest BCUT2D eigenvalue weighted by Gasteiger charge is 2.38. The minimum Gasteiger partial charge on any atom is -0.480 e. The summed E-state index contributed by atoms with van der Waals surface area (Å²) in [5, 5.41) is 27.0. The largest absolute Gasteiger partial charge is 0.480 e. The van der Waals surface area contributed by atoms with Gasteiger partial charge in [-0.2, -0.15) is 5.10 Å². The number of aliphatic hydroxyl groups is 1. The number of likely N-dealkylation sites (tertiary alicyclic amines) is 1. The molecule has 2 atom stereocenters. The highest BCUT2D eigenvalue weighted by molar-refractivity contribution is 5.92. The van der Waals surface area contributed by atoms with Gasteiger partial charge in [0.2, 0.25) is 0 Å². The van der Waals surface area contributed by atoms with Crippen molar-refractivity contribution in [2.24, 2.45) is 0 Å². The van der Waals surface area contributed by atoms with Gasteiger partial charge in [-0.05, 0) is 0 Å². The fourth-order valence-electron chi connectivity index (χ4n) is 1.79. The van der Waals surface area contributed by atoms with Crippen molar-refractivity contribution in [3.8, 4) is 0 Å². The Morgan fingerprint density at radius 3 is 2.94 bits per heavy atom. The minimum absolute atomic E-state index is 0.0145. The van der Waals surface area contributed by atoms with Gasteiger partial charge in [0.15, 0.2) is 0 Å². The zero-order valence-corrected chi connectivity index (χ0v) is 8.83. The molecule has 2 amide bonds. The summed E-state index contributed by atoms with van der Waals surface area (Å²) in [6, 6.07) is -1.55. The maximum Gasteiger partial charge on any atom is 0.326 e. The molecule has 92 valence electrons. The molecule has 1 saturated heterocycles. The van der Waals surface area contributed by atoms with Crippen LogP contribution in [0.2, 0.25) is 0 Å². The van der Waals surface area contributed by atoms with Crippen LogP contribution < -0.4 is 5.32 Å². The summed E-state index contributed by atoms with van der Waals surface area (Å²) in [5.41, 5.74) is 0.445. The predicted molar refractivity (Wildman–Crippen MR) is 56.4 cm³/mol. The molecule has 2 rings (SSSR count). The molecule has 17 heavy (non-hydrogen) atoms. The first-order chi connectivity index (χ1) is 8.08. The average Bonchev–Trinajstić information content (AvgIpc) is 2.86. The number of urea groups is 1. The Labute approximate surface area is 96.2 Å². The molecule has 4 N–H and O–H groups in total. The SMILES string of the molecule is O=C(O)[C@@H]1C[C@H](O)CN1C(=O)Nc1cn[nH]c1. The topological polar surface area (TPSA) is 119 Å². The van der Waals surface area contributed by atoms with E-state index in [2.05, 4.69) is 15.5 Å². The van der Waals surface area contributed by atoms with E-state index in [1.807, 2.05) is 0 Å². The number of anilines is 1. The molecule has 1 aromatic rings. The minimum atomic E-state index is -1.12. The average molecular weight is 240 g/mol. The molecule has 0 aliphatic carbocycles. The number of aromatic nitrogens is 2. The van der Waals surface area contributed by atoms with E-state index in [1.54, 1.807) is 0 Å². The van der Waals surface area contributed by atoms with E-state index in [9.17, 15) is 14.7 Å². The Hall–Kier alpha value is -2.09. The summed E-state index contributed by atoms with van der Waals surface area (Å²) in [5.74, 6) is -1.12. The summed E-state index contributed by atoms with van der Waals surface area (Å²) in [4.78, 5) is 23.8. The van der Waals surface area contributed by atoms with Crippen LogP contribution in [-0.2, 0) is 4.79 Å². The van der Waals surface area contributed by atoms with Crippen LogP contribution in [0.5, 0.6) is 0 Å². The van der Waals surface area contributed by atoms with Gasteiger partial charge in [0.05, 0.1) is 18.0 Å². The van der Waals surface area contributed by atoms with E-state index >= 15 is 0 Å². The van der Waals surface area contributed by atoms with Crippen molar-refractivity contribution in [1.29, 1.82) is 0 Å². The summed E-state index contributed by atoms with van der Waals surface area (Å²) in [6.45, 7) is 0.0145. The quantitative estimate of drug-likeness (QED) is 0.553. The van der Waals surface area contributed by atoms with Gasteiger partial charge in [-0.3, -0.25) is 5.10 Å². The Morgan fingerprint density at radius 1 is 1.59 bits per heavy atom. The first-order valence-corrected chi connectivity index (χ1v) is 5.05. The van der Waals surface area contributed by atoms with Crippen LogP contribution in [0, 0.1) is 0 Å². The van der Waals surface area contributed by atoms with Gasteiger partial charge in [0.25, 0.3) is 0 Å². The van der Waals surface area contributed by atoms with Crippen LogP contribution in [0.25, 0.3) is 0 Å². The number of aliphatic carboxylic acids is 1. The normalized spacial score (nSPS) is 23.7. The number of amides is 2. The molecular weight excluding hydrogens is 228 g/mol. The van der Waals surface area contributed by atoms with Crippen molar-refractivity contribution in [3.05, 3.63) is 12.4 Å². The van der Waals surface area contributed by atoms with Gasteiger partial charge in [0.1, 0.15) is 6.04 Å². The zero-order valence-electron chi connectivity index (χ0n) is 8.83. The second kappa shape index (κ2) is 4.42. The number of carbonyl (C=O) groups excluding carboxylic acids is 1. The molecule has 1 aliphatic heterocycles. The predicted octanol–water partition coefficient (Wildman–Crippen LogP) is -0.539. The van der Waals surface area contributed by atoms with Crippen LogP contribution in [-0.4, -0.2) is 56.0 Å². The molecule has 0 aromatic carbocycles. The summed E-state index contributed by atoms with van der Waals surface area (Å²) in [7, 11) is 0. The third kappa shape index (κ3) is 2.36. The van der Waals surface area contributed by atoms with E-state index in [-0.39, 0.29) is 13.0 Å². The lowest BCUT2D eigenvalue weighted by Gasteiger charge is -2.20. The number of carbonyl (C=O) groups is 2. The number of rotatable bonds is 2. The number of carboxylic acids is 1. The molecule has 1 aliphatic rings. The third-order valence-corrected chi connectivity index (χ3v) is 2.57. The van der Waals surface area contributed by atoms with Crippen molar-refractivity contribution >= 4 is 17.7 Å². The molecule has 1 aromatic heterocycles. The monoisotopic (exact) mass is 240 g/mol. The fourth-order valence-corrected chi connectivity index (χ4v) is 1.79. The maximum atomic E-state index is 11.8. The van der Waals surface area contributed by atoms with Crippen molar-refractivity contribution in [3.63, 3.8) is 0 Å². The van der Waals surface area contributed by atoms with E-state index < -0.39 is 24.1 Å². The van der Waals surface area contributed by atoms with Gasteiger partial charge >= 0.3 is 12.0 Å². The molecular formula is C9H12N4O4. The molecule has 0 bridgehead atoms. The number of H-pyrrole nitrogens is 1. The maximum absolute atomic E-state index is 11.8. The Bertz CT molecular complexity index is 419. The van der Waals surface area contributed by atoms with Crippen LogP contribution in [0.15, 0.2) is 12.4 Å². The second-order valence-electron chi connectivity index (χ2n) is 3.81. The van der Waals surface area contributed by atoms with Crippen LogP contribution in [0.1, 0.15) is 6.42 Å². The van der Waals surface area contributed by atoms with Crippen LogP contribution in [0.3, 0.4) is 0 Å². The molecule has 0 saturated carbocycles. The number of hydrogen-bond donors (Lipinski definition) is 4. The summed E-state index contributed by atoms with van der Waals surface area (Å²) >= 11 is 0. The van der Waals surface area contributed by atoms with Gasteiger partial charge in [-0.15, -0.1) is 0 Å². The highest BCUT2D eigenvalue weighted by atomic mass is 16.4. The molecule has 2 heterocycles. The summed E-state index contributed by atoms with van der Waals surface area (Å²) in [6.07, 6.45) is 2.13. The molecule has 0 spiro atoms. The van der Waals surface area contributed by atoms with Crippen molar-refractivity contribution in [1.82, 2.24) is 15.1 Å². The highest BCUT2D eigenvalue weighted by Crippen LogP contribution is 2.19. The van der Waals surface area contributed by atoms with Gasteiger partial charge in [0, 0.05) is 19.2 Å². The van der Waals surface area contributed by atoms with Gasteiger partial charge in [-0.25, -0.2) is 9.59 Å². The molecule has 8 nitrogen and oxygen atoms in total. The van der Waals surface area contributed by atoms with E-state index in [4.69, 9.17) is 5.11 Å². The fraction of sp³-hybridized carbons (Fsp3) is 0.444. The zero-order chi connectivity index (χ0) is 12.4. The van der Waals surface area contributed by atoms with Gasteiger partial charge < -0.3 is 20.4 Å². The van der Waals surface area contributed by atoms with E-state index in [1.165, 1.54) is 12.4 Å². The first-order valence-electron chi connectivity index (χ1n) is 5.05. The molecule has 1 fully saturated rings. The number of hydrogen-bond acceptors (Lipinski definition) is 4. The van der Waals surface area contributed by atoms with Crippen molar-refractivity contribution in [2.45, 2.75) is 18.6 Å². The Morgan fingerprint density at radius 2 is 2.35 bits per heavy atom. The van der Waals surface area contributed by atoms with E-state index in [0.29, 0.717) is 5.69 Å². The molecule has 0 radical (unpaired) electrons. The lowest BCUT2D eigenvalue weighted by atomic mass is 10.2. The first kappa shape index (κ1) is 11.4. The summed E-state index contributed by atoms with van der Waals surface area (Å²) < 4.78 is 0.